The van der Waals surface area contributed by atoms with Crippen molar-refractivity contribution >= 4 is 39.8 Å². The number of fused-ring (bicyclic) bond motifs is 1. The van der Waals surface area contributed by atoms with Crippen LogP contribution in [-0.2, 0) is 0 Å². The van der Waals surface area contributed by atoms with Gasteiger partial charge < -0.3 is 0 Å². The Labute approximate surface area is 107 Å². The van der Waals surface area contributed by atoms with Gasteiger partial charge in [-0.2, -0.15) is 0 Å². The molecule has 0 amide bonds. The van der Waals surface area contributed by atoms with E-state index in [2.05, 4.69) is 50.0 Å². The van der Waals surface area contributed by atoms with Crippen molar-refractivity contribution in [2.75, 3.05) is 0 Å². The number of hydrogen-bond donors (Lipinski definition) is 0. The Bertz CT molecular complexity index is 337. The zero-order chi connectivity index (χ0) is 11.0. The van der Waals surface area contributed by atoms with E-state index in [1.54, 1.807) is 20.5 Å². The van der Waals surface area contributed by atoms with E-state index < -0.39 is 0 Å². The van der Waals surface area contributed by atoms with Gasteiger partial charge in [-0.25, -0.2) is 0 Å². The van der Waals surface area contributed by atoms with Crippen LogP contribution in [0, 0.1) is 0 Å². The predicted molar refractivity (Wildman–Crippen MR) is 71.6 cm³/mol. The van der Waals surface area contributed by atoms with Crippen LogP contribution >= 0.6 is 10.2 Å². The fourth-order valence-corrected chi connectivity index (χ4v) is 15.4. The summed E-state index contributed by atoms with van der Waals surface area (Å²) in [6.45, 7) is 9.25. The summed E-state index contributed by atoms with van der Waals surface area (Å²) >= 11 is 1.58. The van der Waals surface area contributed by atoms with Gasteiger partial charge in [-0.3, -0.25) is 0 Å². The van der Waals surface area contributed by atoms with Crippen molar-refractivity contribution in [1.29, 1.82) is 0 Å². The molecule has 1 aromatic carbocycles. The Kier molecular flexibility index (Phi) is 3.91. The van der Waals surface area contributed by atoms with E-state index in [9.17, 15) is 0 Å². The van der Waals surface area contributed by atoms with Gasteiger partial charge in [0.1, 0.15) is 0 Å². The van der Waals surface area contributed by atoms with E-state index in [-0.39, 0.29) is 0 Å². The molecule has 0 fully saturated rings. The predicted octanol–water partition coefficient (Wildman–Crippen LogP) is 2.90. The summed E-state index contributed by atoms with van der Waals surface area (Å²) in [5.74, 6) is 1.37. The Hall–Kier alpha value is 0.609. The van der Waals surface area contributed by atoms with Crippen molar-refractivity contribution in [1.82, 2.24) is 0 Å². The average molecular weight is 350 g/mol. The SMILES string of the molecule is CC(C)c1ccc(C(C)C)c2c1S[Se][Se]2. The fourth-order valence-electron chi connectivity index (χ4n) is 1.76. The van der Waals surface area contributed by atoms with Crippen LogP contribution in [0.3, 0.4) is 0 Å². The first-order valence-electron chi connectivity index (χ1n) is 5.29. The summed E-state index contributed by atoms with van der Waals surface area (Å²) in [5, 5.41) is 0. The van der Waals surface area contributed by atoms with Crippen molar-refractivity contribution < 1.29 is 0 Å². The number of hydrogen-bond acceptors (Lipinski definition) is 1. The molecular formula is C12H16SSe2. The number of benzene rings is 1. The molecule has 15 heavy (non-hydrogen) atoms. The molecule has 0 nitrogen and oxygen atoms in total. The summed E-state index contributed by atoms with van der Waals surface area (Å²) in [6, 6.07) is 4.74. The third-order valence-corrected chi connectivity index (χ3v) is 13.1. The van der Waals surface area contributed by atoms with Gasteiger partial charge in [-0.05, 0) is 0 Å². The first-order chi connectivity index (χ1) is 7.11. The molecule has 0 aromatic heterocycles. The molecule has 0 N–H and O–H groups in total. The standard InChI is InChI=1S/C12H16SSe2/c1-7(2)9-5-6-10(8(3)4)12-11(9)13-15-14-12/h5-8H,1-4H3. The molecule has 0 spiro atoms. The molecule has 2 rings (SSSR count). The van der Waals surface area contributed by atoms with E-state index >= 15 is 0 Å². The van der Waals surface area contributed by atoms with Gasteiger partial charge in [0.05, 0.1) is 0 Å². The van der Waals surface area contributed by atoms with Crippen LogP contribution < -0.4 is 4.46 Å². The van der Waals surface area contributed by atoms with E-state index in [0.717, 1.165) is 25.1 Å². The van der Waals surface area contributed by atoms with Crippen molar-refractivity contribution in [3.05, 3.63) is 23.3 Å². The first kappa shape index (κ1) is 12.1. The minimum atomic E-state index is 0.678. The third-order valence-electron chi connectivity index (χ3n) is 2.65. The fraction of sp³-hybridized carbons (Fsp3) is 0.500. The van der Waals surface area contributed by atoms with Gasteiger partial charge in [0.15, 0.2) is 0 Å². The van der Waals surface area contributed by atoms with Crippen LogP contribution in [0.25, 0.3) is 0 Å². The van der Waals surface area contributed by atoms with Crippen LogP contribution in [-0.4, -0.2) is 25.1 Å². The molecule has 1 heterocycles. The van der Waals surface area contributed by atoms with Crippen molar-refractivity contribution in [3.8, 4) is 0 Å². The van der Waals surface area contributed by atoms with Crippen LogP contribution in [0.2, 0.25) is 0 Å². The van der Waals surface area contributed by atoms with Crippen LogP contribution in [0.1, 0.15) is 50.7 Å². The summed E-state index contributed by atoms with van der Waals surface area (Å²) in [6.07, 6.45) is 0. The Balaban J connectivity index is 2.54. The molecule has 1 aliphatic heterocycles. The summed E-state index contributed by atoms with van der Waals surface area (Å²) in [5.41, 5.74) is 3.20. The molecule has 0 unspecified atom stereocenters. The quantitative estimate of drug-likeness (QED) is 0.740. The van der Waals surface area contributed by atoms with Crippen LogP contribution in [0.5, 0.6) is 0 Å². The molecule has 1 aromatic rings. The molecule has 3 heteroatoms. The molecule has 0 saturated carbocycles. The number of rotatable bonds is 2. The summed E-state index contributed by atoms with van der Waals surface area (Å²) in [4.78, 5) is 1.65. The van der Waals surface area contributed by atoms with E-state index in [4.69, 9.17) is 0 Å². The molecule has 1 aliphatic rings. The zero-order valence-corrected chi connectivity index (χ0v) is 13.8. The second-order valence-corrected chi connectivity index (χ2v) is 14.5. The maximum atomic E-state index is 2.38. The normalized spacial score (nSPS) is 15.1. The molecule has 82 valence electrons. The third kappa shape index (κ3) is 2.32. The summed E-state index contributed by atoms with van der Waals surface area (Å²) in [7, 11) is 2.14. The second kappa shape index (κ2) is 4.85. The van der Waals surface area contributed by atoms with Gasteiger partial charge in [0, 0.05) is 0 Å². The first-order valence-corrected chi connectivity index (χ1v) is 13.3. The zero-order valence-electron chi connectivity index (χ0n) is 9.53. The Morgan fingerprint density at radius 2 is 1.60 bits per heavy atom. The molecule has 0 atom stereocenters. The van der Waals surface area contributed by atoms with Gasteiger partial charge in [-0.1, -0.05) is 0 Å². The van der Waals surface area contributed by atoms with Gasteiger partial charge in [-0.15, -0.1) is 0 Å². The Morgan fingerprint density at radius 1 is 1.00 bits per heavy atom. The Morgan fingerprint density at radius 3 is 2.20 bits per heavy atom. The molecule has 0 saturated heterocycles. The van der Waals surface area contributed by atoms with E-state index in [1.807, 2.05) is 0 Å². The molecule has 0 aliphatic carbocycles. The van der Waals surface area contributed by atoms with Gasteiger partial charge >= 0.3 is 107 Å². The molecule has 0 bridgehead atoms. The topological polar surface area (TPSA) is 0 Å². The van der Waals surface area contributed by atoms with Crippen LogP contribution in [0.15, 0.2) is 17.0 Å². The minimum absolute atomic E-state index is 0.678. The van der Waals surface area contributed by atoms with Crippen molar-refractivity contribution in [2.45, 2.75) is 44.4 Å². The van der Waals surface area contributed by atoms with Crippen molar-refractivity contribution in [3.63, 3.8) is 0 Å². The van der Waals surface area contributed by atoms with Gasteiger partial charge in [0.25, 0.3) is 0 Å². The van der Waals surface area contributed by atoms with Gasteiger partial charge in [0.2, 0.25) is 0 Å². The summed E-state index contributed by atoms with van der Waals surface area (Å²) < 4.78 is 1.73. The molecule has 0 radical (unpaired) electrons. The van der Waals surface area contributed by atoms with E-state index in [1.165, 1.54) is 0 Å². The van der Waals surface area contributed by atoms with Crippen LogP contribution in [0.4, 0.5) is 0 Å². The van der Waals surface area contributed by atoms with E-state index in [0.29, 0.717) is 11.8 Å². The van der Waals surface area contributed by atoms with Crippen molar-refractivity contribution in [2.24, 2.45) is 0 Å². The maximum absolute atomic E-state index is 2.38. The second-order valence-electron chi connectivity index (χ2n) is 4.45. The average Bonchev–Trinajstić information content (AvgIpc) is 2.63. The molecular weight excluding hydrogens is 334 g/mol. The monoisotopic (exact) mass is 352 g/mol.